The van der Waals surface area contributed by atoms with Crippen LogP contribution in [-0.4, -0.2) is 449 Å². The Morgan fingerprint density at radius 1 is 0.155 bits per heavy atom. The number of para-hydroxylation sites is 1. The molecule has 0 radical (unpaired) electrons. The molecule has 0 spiro atoms. The van der Waals surface area contributed by atoms with Crippen molar-refractivity contribution in [3.05, 3.63) is 30.3 Å². The molecule has 1 aromatic carbocycles. The lowest BCUT2D eigenvalue weighted by molar-refractivity contribution is -0.0326. The van der Waals surface area contributed by atoms with Crippen molar-refractivity contribution in [2.24, 2.45) is 0 Å². The molecule has 0 aromatic heterocycles. The summed E-state index contributed by atoms with van der Waals surface area (Å²) in [6.07, 6.45) is 0. The van der Waals surface area contributed by atoms with Crippen LogP contribution in [-0.2, 0) is 166 Å². The number of rotatable bonds is 101. The zero-order valence-corrected chi connectivity index (χ0v) is 66.4. The van der Waals surface area contributed by atoms with E-state index in [0.29, 0.717) is 416 Å². The van der Waals surface area contributed by atoms with Gasteiger partial charge >= 0.3 is 10.4 Å². The van der Waals surface area contributed by atoms with E-state index in [0.717, 1.165) is 5.75 Å². The van der Waals surface area contributed by atoms with Gasteiger partial charge in [-0.3, -0.25) is 4.55 Å². The van der Waals surface area contributed by atoms with Gasteiger partial charge in [-0.1, -0.05) is 18.2 Å². The Morgan fingerprint density at radius 3 is 0.364 bits per heavy atom. The molecule has 0 saturated carbocycles. The lowest BCUT2D eigenvalue weighted by Crippen LogP contribution is -2.16. The van der Waals surface area contributed by atoms with Crippen LogP contribution in [0.2, 0.25) is 0 Å². The van der Waals surface area contributed by atoms with Crippen molar-refractivity contribution in [3.63, 3.8) is 0 Å². The molecule has 1 rings (SSSR count). The van der Waals surface area contributed by atoms with Crippen LogP contribution in [0.4, 0.5) is 0 Å². The molecule has 38 heteroatoms. The van der Waals surface area contributed by atoms with Gasteiger partial charge in [-0.25, -0.2) is 4.18 Å². The molecule has 0 aliphatic rings. The second-order valence-electron chi connectivity index (χ2n) is 22.0. The minimum absolute atomic E-state index is 0.0198. The van der Waals surface area contributed by atoms with E-state index >= 15 is 0 Å². The first-order valence-corrected chi connectivity index (χ1v) is 39.7. The average Bonchev–Trinajstić information content (AvgIpc) is 0.991. The Balaban J connectivity index is 1.58. The summed E-state index contributed by atoms with van der Waals surface area (Å²) in [7, 11) is -4.44. The molecule has 37 nitrogen and oxygen atoms in total. The van der Waals surface area contributed by atoms with E-state index in [4.69, 9.17) is 161 Å². The molecule has 0 aliphatic carbocycles. The van der Waals surface area contributed by atoms with Crippen LogP contribution in [0.5, 0.6) is 5.75 Å². The second kappa shape index (κ2) is 95.5. The first-order valence-electron chi connectivity index (χ1n) is 38.3. The Labute approximate surface area is 653 Å². The summed E-state index contributed by atoms with van der Waals surface area (Å²) in [6.45, 7) is 29.7. The summed E-state index contributed by atoms with van der Waals surface area (Å²) < 4.78 is 215. The zero-order valence-electron chi connectivity index (χ0n) is 65.6. The van der Waals surface area contributed by atoms with Gasteiger partial charge in [-0.15, -0.1) is 0 Å². The van der Waals surface area contributed by atoms with Crippen LogP contribution >= 0.6 is 0 Å². The Morgan fingerprint density at radius 2 is 0.255 bits per heavy atom. The average molecular weight is 1630 g/mol. The molecule has 0 atom stereocenters. The maximum absolute atomic E-state index is 10.4. The highest BCUT2D eigenvalue weighted by Gasteiger charge is 2.06. The first kappa shape index (κ1) is 106. The predicted octanol–water partition coefficient (Wildman–Crippen LogP) is 1.42. The lowest BCUT2D eigenvalue weighted by Gasteiger charge is -2.09. The van der Waals surface area contributed by atoms with E-state index in [1.165, 1.54) is 0 Å². The van der Waals surface area contributed by atoms with Gasteiger partial charge in [0.25, 0.3) is 0 Å². The number of hydrogen-bond acceptors (Lipinski definition) is 36. The van der Waals surface area contributed by atoms with Gasteiger partial charge in [0.2, 0.25) is 0 Å². The van der Waals surface area contributed by atoms with E-state index in [1.54, 1.807) is 0 Å². The minimum Gasteiger partial charge on any atom is -0.491 e. The molecule has 0 amide bonds. The van der Waals surface area contributed by atoms with Crippen LogP contribution in [0.1, 0.15) is 0 Å². The molecule has 0 aliphatic heterocycles. The number of hydrogen-bond donors (Lipinski definition) is 1. The molecule has 0 bridgehead atoms. The summed E-state index contributed by atoms with van der Waals surface area (Å²) in [4.78, 5) is 0. The minimum atomic E-state index is -4.44. The van der Waals surface area contributed by atoms with Gasteiger partial charge in [0.1, 0.15) is 12.4 Å². The second-order valence-corrected chi connectivity index (χ2v) is 23.1. The normalized spacial score (nSPS) is 11.9. The highest BCUT2D eigenvalue weighted by molar-refractivity contribution is 7.80. The fourth-order valence-electron chi connectivity index (χ4n) is 7.85. The zero-order chi connectivity index (χ0) is 78.3. The molecule has 1 aromatic rings. The molecule has 1 N–H and O–H groups in total. The Hall–Kier alpha value is -2.39. The molecular formula is C72H138O37S. The highest BCUT2D eigenvalue weighted by atomic mass is 32.3. The van der Waals surface area contributed by atoms with Crippen molar-refractivity contribution in [2.75, 3.05) is 436 Å². The predicted molar refractivity (Wildman–Crippen MR) is 396 cm³/mol. The van der Waals surface area contributed by atoms with E-state index in [2.05, 4.69) is 4.18 Å². The maximum Gasteiger partial charge on any atom is 0.397 e. The quantitative estimate of drug-likeness (QED) is 0.0711. The smallest absolute Gasteiger partial charge is 0.397 e. The van der Waals surface area contributed by atoms with Crippen molar-refractivity contribution in [2.45, 2.75) is 0 Å². The van der Waals surface area contributed by atoms with Crippen molar-refractivity contribution in [1.29, 1.82) is 0 Å². The van der Waals surface area contributed by atoms with E-state index in [-0.39, 0.29) is 19.8 Å². The fraction of sp³-hybridized carbons (Fsp3) is 0.917. The largest absolute Gasteiger partial charge is 0.491 e. The third-order valence-electron chi connectivity index (χ3n) is 13.2. The molecule has 0 unspecified atom stereocenters. The van der Waals surface area contributed by atoms with Crippen molar-refractivity contribution in [1.82, 2.24) is 0 Å². The summed E-state index contributed by atoms with van der Waals surface area (Å²) >= 11 is 0. The molecule has 0 fully saturated rings. The van der Waals surface area contributed by atoms with E-state index in [9.17, 15) is 8.42 Å². The lowest BCUT2D eigenvalue weighted by atomic mass is 10.3. The first-order chi connectivity index (χ1) is 54.6. The van der Waals surface area contributed by atoms with E-state index in [1.807, 2.05) is 30.3 Å². The standard InChI is InChI=1S/C72H138O37S/c73-110(74,75)109-71-69-107-67-65-105-63-61-103-59-57-101-55-53-99-51-49-97-47-45-95-43-41-93-39-37-91-35-33-89-31-29-87-27-25-85-23-21-83-19-17-81-15-13-79-11-9-77-7-6-76-8-10-78-12-14-80-16-18-82-20-22-84-24-26-86-28-30-88-32-34-90-36-38-92-40-42-94-44-46-96-48-50-98-52-54-100-56-58-102-60-62-104-64-66-106-68-70-108-72-4-2-1-3-5-72/h1-5H,6-71H2,(H,73,74,75). The SMILES string of the molecule is O=S(=O)(O)OCCOCCOCCOCCOCCOCCOCCOCCOCCOCCOCCOCCOCCOCCOCCOCCOCCOCCOCCOCCOCCOCCOCCOCCOCCOCCOCCOCCOCCOCCOCCOCCOCCOc1ccccc1. The summed E-state index contributed by atoms with van der Waals surface area (Å²) in [5.41, 5.74) is 0. The highest BCUT2D eigenvalue weighted by Crippen LogP contribution is 2.08. The molecule has 0 heterocycles. The van der Waals surface area contributed by atoms with E-state index < -0.39 is 10.4 Å². The van der Waals surface area contributed by atoms with Gasteiger partial charge < -0.3 is 156 Å². The van der Waals surface area contributed by atoms with Crippen molar-refractivity contribution < 1.29 is 173 Å². The molecule has 110 heavy (non-hydrogen) atoms. The fourth-order valence-corrected chi connectivity index (χ4v) is 8.13. The topological polar surface area (TPSA) is 368 Å². The Bertz CT molecular complexity index is 1940. The van der Waals surface area contributed by atoms with Crippen LogP contribution in [0.25, 0.3) is 0 Å². The van der Waals surface area contributed by atoms with Crippen LogP contribution in [0.15, 0.2) is 30.3 Å². The summed E-state index contributed by atoms with van der Waals surface area (Å²) in [6, 6.07) is 9.65. The van der Waals surface area contributed by atoms with Crippen LogP contribution in [0.3, 0.4) is 0 Å². The van der Waals surface area contributed by atoms with Gasteiger partial charge in [0.15, 0.2) is 0 Å². The third kappa shape index (κ3) is 96.2. The monoisotopic (exact) mass is 1630 g/mol. The molecule has 0 saturated heterocycles. The van der Waals surface area contributed by atoms with Crippen LogP contribution < -0.4 is 4.74 Å². The van der Waals surface area contributed by atoms with Crippen molar-refractivity contribution in [3.8, 4) is 5.75 Å². The van der Waals surface area contributed by atoms with Gasteiger partial charge in [-0.05, 0) is 12.1 Å². The molecule has 654 valence electrons. The van der Waals surface area contributed by atoms with Gasteiger partial charge in [-0.2, -0.15) is 8.42 Å². The van der Waals surface area contributed by atoms with Crippen molar-refractivity contribution >= 4 is 10.4 Å². The maximum atomic E-state index is 10.4. The molecular weight excluding hydrogens is 1490 g/mol. The third-order valence-corrected chi connectivity index (χ3v) is 13.7. The Kier molecular flexibility index (Phi) is 91.7. The summed E-state index contributed by atoms with van der Waals surface area (Å²) in [5.74, 6) is 0.835. The number of ether oxygens (including phenoxy) is 33. The summed E-state index contributed by atoms with van der Waals surface area (Å²) in [5, 5.41) is 0. The van der Waals surface area contributed by atoms with Gasteiger partial charge in [0, 0.05) is 0 Å². The van der Waals surface area contributed by atoms with Crippen LogP contribution in [0, 0.1) is 0 Å². The number of benzene rings is 1. The van der Waals surface area contributed by atoms with Gasteiger partial charge in [0.05, 0.1) is 429 Å².